The summed E-state index contributed by atoms with van der Waals surface area (Å²) in [4.78, 5) is 31.7. The Bertz CT molecular complexity index is 750. The maximum Gasteiger partial charge on any atom is 0.184 e. The highest BCUT2D eigenvalue weighted by atomic mass is 16.1. The zero-order valence-electron chi connectivity index (χ0n) is 15.4. The SMILES string of the molecule is CN1CCC(C(=O)c2cccc(CC(=O)CCc3ccccc3)n2)CC1. The highest BCUT2D eigenvalue weighted by Crippen LogP contribution is 2.20. The number of rotatable bonds is 7. The number of carbonyl (C=O) groups excluding carboxylic acids is 2. The number of pyridine rings is 1. The summed E-state index contributed by atoms with van der Waals surface area (Å²) < 4.78 is 0. The number of hydrogen-bond donors (Lipinski definition) is 0. The minimum absolute atomic E-state index is 0.0581. The molecule has 136 valence electrons. The minimum atomic E-state index is 0.0581. The average molecular weight is 350 g/mol. The Hall–Kier alpha value is -2.33. The van der Waals surface area contributed by atoms with E-state index < -0.39 is 0 Å². The normalized spacial score (nSPS) is 15.7. The highest BCUT2D eigenvalue weighted by molar-refractivity contribution is 5.96. The van der Waals surface area contributed by atoms with Crippen LogP contribution in [0.15, 0.2) is 48.5 Å². The number of hydrogen-bond acceptors (Lipinski definition) is 4. The monoisotopic (exact) mass is 350 g/mol. The molecular weight excluding hydrogens is 324 g/mol. The Labute approximate surface area is 155 Å². The Morgan fingerprint density at radius 2 is 1.77 bits per heavy atom. The third-order valence-electron chi connectivity index (χ3n) is 5.06. The number of carbonyl (C=O) groups is 2. The molecule has 1 aromatic carbocycles. The van der Waals surface area contributed by atoms with Gasteiger partial charge in [-0.3, -0.25) is 9.59 Å². The molecule has 1 aliphatic rings. The largest absolute Gasteiger partial charge is 0.306 e. The molecule has 2 heterocycles. The fourth-order valence-electron chi connectivity index (χ4n) is 3.41. The lowest BCUT2D eigenvalue weighted by molar-refractivity contribution is -0.118. The lowest BCUT2D eigenvalue weighted by Crippen LogP contribution is -2.33. The topological polar surface area (TPSA) is 50.3 Å². The summed E-state index contributed by atoms with van der Waals surface area (Å²) in [5.41, 5.74) is 2.37. The van der Waals surface area contributed by atoms with Crippen molar-refractivity contribution in [3.05, 3.63) is 65.5 Å². The van der Waals surface area contributed by atoms with Gasteiger partial charge in [0.2, 0.25) is 0 Å². The van der Waals surface area contributed by atoms with Crippen molar-refractivity contribution in [1.82, 2.24) is 9.88 Å². The van der Waals surface area contributed by atoms with Gasteiger partial charge in [0.05, 0.1) is 0 Å². The van der Waals surface area contributed by atoms with Crippen LogP contribution < -0.4 is 0 Å². The smallest absolute Gasteiger partial charge is 0.184 e. The van der Waals surface area contributed by atoms with Crippen molar-refractivity contribution in [3.63, 3.8) is 0 Å². The summed E-state index contributed by atoms with van der Waals surface area (Å²) in [6, 6.07) is 15.5. The van der Waals surface area contributed by atoms with Gasteiger partial charge in [0.15, 0.2) is 5.78 Å². The van der Waals surface area contributed by atoms with Crippen LogP contribution in [0.4, 0.5) is 0 Å². The molecule has 2 aromatic rings. The molecule has 0 atom stereocenters. The van der Waals surface area contributed by atoms with E-state index >= 15 is 0 Å². The van der Waals surface area contributed by atoms with Gasteiger partial charge in [-0.15, -0.1) is 0 Å². The lowest BCUT2D eigenvalue weighted by atomic mass is 9.91. The molecule has 0 radical (unpaired) electrons. The molecule has 1 saturated heterocycles. The van der Waals surface area contributed by atoms with Crippen LogP contribution in [0.3, 0.4) is 0 Å². The number of likely N-dealkylation sites (tertiary alicyclic amines) is 1. The van der Waals surface area contributed by atoms with Crippen molar-refractivity contribution in [2.75, 3.05) is 20.1 Å². The molecule has 0 bridgehead atoms. The molecular formula is C22H26N2O2. The third-order valence-corrected chi connectivity index (χ3v) is 5.06. The van der Waals surface area contributed by atoms with Gasteiger partial charge in [-0.05, 0) is 57.1 Å². The van der Waals surface area contributed by atoms with E-state index in [9.17, 15) is 9.59 Å². The summed E-state index contributed by atoms with van der Waals surface area (Å²) in [5.74, 6) is 0.338. The first kappa shape index (κ1) is 18.5. The molecule has 4 heteroatoms. The van der Waals surface area contributed by atoms with Crippen LogP contribution in [0.2, 0.25) is 0 Å². The van der Waals surface area contributed by atoms with E-state index in [2.05, 4.69) is 16.9 Å². The lowest BCUT2D eigenvalue weighted by Gasteiger charge is -2.27. The zero-order chi connectivity index (χ0) is 18.4. The van der Waals surface area contributed by atoms with E-state index in [0.29, 0.717) is 24.2 Å². The Balaban J connectivity index is 1.56. The van der Waals surface area contributed by atoms with E-state index in [-0.39, 0.29) is 17.5 Å². The first-order valence-electron chi connectivity index (χ1n) is 9.36. The van der Waals surface area contributed by atoms with Crippen LogP contribution in [0.25, 0.3) is 0 Å². The van der Waals surface area contributed by atoms with Crippen LogP contribution in [-0.2, 0) is 17.6 Å². The summed E-state index contributed by atoms with van der Waals surface area (Å²) in [6.07, 6.45) is 3.31. The van der Waals surface area contributed by atoms with E-state index in [1.807, 2.05) is 42.5 Å². The molecule has 26 heavy (non-hydrogen) atoms. The predicted octanol–water partition coefficient (Wildman–Crippen LogP) is 3.35. The zero-order valence-corrected chi connectivity index (χ0v) is 15.4. The molecule has 3 rings (SSSR count). The van der Waals surface area contributed by atoms with Gasteiger partial charge in [0.25, 0.3) is 0 Å². The van der Waals surface area contributed by atoms with Crippen LogP contribution in [0.5, 0.6) is 0 Å². The highest BCUT2D eigenvalue weighted by Gasteiger charge is 2.25. The molecule has 0 amide bonds. The first-order chi connectivity index (χ1) is 12.6. The van der Waals surface area contributed by atoms with E-state index in [0.717, 1.165) is 32.4 Å². The van der Waals surface area contributed by atoms with E-state index in [1.54, 1.807) is 6.07 Å². The van der Waals surface area contributed by atoms with Crippen LogP contribution >= 0.6 is 0 Å². The van der Waals surface area contributed by atoms with Crippen molar-refractivity contribution in [2.45, 2.75) is 32.1 Å². The molecule has 4 nitrogen and oxygen atoms in total. The van der Waals surface area contributed by atoms with Gasteiger partial charge in [-0.1, -0.05) is 36.4 Å². The summed E-state index contributed by atoms with van der Waals surface area (Å²) in [6.45, 7) is 1.90. The Kier molecular flexibility index (Phi) is 6.29. The number of aromatic nitrogens is 1. The predicted molar refractivity (Wildman–Crippen MR) is 102 cm³/mol. The number of nitrogens with zero attached hydrogens (tertiary/aromatic N) is 2. The maximum absolute atomic E-state index is 12.7. The maximum atomic E-state index is 12.7. The summed E-state index contributed by atoms with van der Waals surface area (Å²) in [7, 11) is 2.08. The molecule has 1 aromatic heterocycles. The molecule has 0 aliphatic carbocycles. The Morgan fingerprint density at radius 3 is 2.50 bits per heavy atom. The van der Waals surface area contributed by atoms with Gasteiger partial charge in [0.1, 0.15) is 11.5 Å². The molecule has 0 unspecified atom stereocenters. The van der Waals surface area contributed by atoms with Gasteiger partial charge in [-0.2, -0.15) is 0 Å². The molecule has 0 spiro atoms. The number of benzene rings is 1. The number of aryl methyl sites for hydroxylation is 1. The number of Topliss-reactive ketones (excluding diaryl/α,β-unsaturated/α-hetero) is 2. The second-order valence-corrected chi connectivity index (χ2v) is 7.16. The second kappa shape index (κ2) is 8.86. The van der Waals surface area contributed by atoms with Gasteiger partial charge in [-0.25, -0.2) is 4.98 Å². The quantitative estimate of drug-likeness (QED) is 0.719. The first-order valence-corrected chi connectivity index (χ1v) is 9.36. The van der Waals surface area contributed by atoms with Crippen molar-refractivity contribution in [3.8, 4) is 0 Å². The fourth-order valence-corrected chi connectivity index (χ4v) is 3.41. The van der Waals surface area contributed by atoms with Gasteiger partial charge in [0, 0.05) is 24.5 Å². The van der Waals surface area contributed by atoms with Gasteiger partial charge >= 0.3 is 0 Å². The number of ketones is 2. The third kappa shape index (κ3) is 5.09. The van der Waals surface area contributed by atoms with Crippen LogP contribution in [0.1, 0.15) is 41.0 Å². The standard InChI is InChI=1S/C22H26N2O2/c1-24-14-12-18(13-15-24)22(26)21-9-5-8-19(23-21)16-20(25)11-10-17-6-3-2-4-7-17/h2-9,18H,10-16H2,1H3. The average Bonchev–Trinajstić information content (AvgIpc) is 2.67. The molecule has 0 saturated carbocycles. The summed E-state index contributed by atoms with van der Waals surface area (Å²) >= 11 is 0. The van der Waals surface area contributed by atoms with Gasteiger partial charge < -0.3 is 4.90 Å². The van der Waals surface area contributed by atoms with Crippen molar-refractivity contribution >= 4 is 11.6 Å². The summed E-state index contributed by atoms with van der Waals surface area (Å²) in [5, 5.41) is 0. The van der Waals surface area contributed by atoms with E-state index in [1.165, 1.54) is 5.56 Å². The van der Waals surface area contributed by atoms with Crippen molar-refractivity contribution in [1.29, 1.82) is 0 Å². The Morgan fingerprint density at radius 1 is 1.04 bits per heavy atom. The van der Waals surface area contributed by atoms with Crippen molar-refractivity contribution < 1.29 is 9.59 Å². The number of piperidine rings is 1. The molecule has 0 N–H and O–H groups in total. The van der Waals surface area contributed by atoms with Crippen LogP contribution in [0, 0.1) is 5.92 Å². The van der Waals surface area contributed by atoms with Crippen molar-refractivity contribution in [2.24, 2.45) is 5.92 Å². The van der Waals surface area contributed by atoms with E-state index in [4.69, 9.17) is 0 Å². The fraction of sp³-hybridized carbons (Fsp3) is 0.409. The molecule has 1 fully saturated rings. The molecule has 1 aliphatic heterocycles. The second-order valence-electron chi connectivity index (χ2n) is 7.16. The van der Waals surface area contributed by atoms with Crippen LogP contribution in [-0.4, -0.2) is 41.6 Å². The minimum Gasteiger partial charge on any atom is -0.306 e.